The SMILES string of the molecule is Fc1ccc(CC2Cc3cc(F)ccc3CN2CCNCC2=CNC3C=CC=CC3=C2)cc1. The van der Waals surface area contributed by atoms with Crippen molar-refractivity contribution in [1.82, 2.24) is 15.5 Å². The lowest BCUT2D eigenvalue weighted by Gasteiger charge is -2.37. The van der Waals surface area contributed by atoms with Gasteiger partial charge in [0, 0.05) is 38.4 Å². The van der Waals surface area contributed by atoms with Crippen molar-refractivity contribution < 1.29 is 8.78 Å². The third-order valence-electron chi connectivity index (χ3n) is 6.67. The van der Waals surface area contributed by atoms with Crippen LogP contribution in [0.5, 0.6) is 0 Å². The molecule has 2 aliphatic heterocycles. The predicted octanol–water partition coefficient (Wildman–Crippen LogP) is 4.43. The molecule has 0 fully saturated rings. The highest BCUT2D eigenvalue weighted by molar-refractivity contribution is 5.44. The molecule has 2 aromatic carbocycles. The van der Waals surface area contributed by atoms with Gasteiger partial charge in [0.15, 0.2) is 0 Å². The molecule has 2 heterocycles. The van der Waals surface area contributed by atoms with Crippen molar-refractivity contribution >= 4 is 0 Å². The zero-order valence-corrected chi connectivity index (χ0v) is 18.6. The van der Waals surface area contributed by atoms with Crippen LogP contribution in [-0.2, 0) is 19.4 Å². The minimum atomic E-state index is -0.219. The highest BCUT2D eigenvalue weighted by atomic mass is 19.1. The number of fused-ring (bicyclic) bond motifs is 2. The minimum Gasteiger partial charge on any atom is -0.380 e. The van der Waals surface area contributed by atoms with Crippen LogP contribution in [0.25, 0.3) is 0 Å². The lowest BCUT2D eigenvalue weighted by Crippen LogP contribution is -2.45. The van der Waals surface area contributed by atoms with Gasteiger partial charge in [-0.3, -0.25) is 4.90 Å². The number of hydrogen-bond donors (Lipinski definition) is 2. The molecule has 0 spiro atoms. The summed E-state index contributed by atoms with van der Waals surface area (Å²) >= 11 is 0. The Bertz CT molecular complexity index is 1110. The Hall–Kier alpha value is -3.02. The second-order valence-corrected chi connectivity index (χ2v) is 9.00. The fraction of sp³-hybridized carbons (Fsp3) is 0.286. The predicted molar refractivity (Wildman–Crippen MR) is 129 cm³/mol. The van der Waals surface area contributed by atoms with Crippen LogP contribution >= 0.6 is 0 Å². The number of rotatable bonds is 7. The monoisotopic (exact) mass is 445 g/mol. The zero-order chi connectivity index (χ0) is 22.6. The Morgan fingerprint density at radius 2 is 1.85 bits per heavy atom. The van der Waals surface area contributed by atoms with E-state index in [4.69, 9.17) is 0 Å². The molecular formula is C28H29F2N3. The molecular weight excluding hydrogens is 416 g/mol. The van der Waals surface area contributed by atoms with E-state index in [2.05, 4.69) is 52.1 Å². The van der Waals surface area contributed by atoms with Gasteiger partial charge < -0.3 is 10.6 Å². The van der Waals surface area contributed by atoms with Crippen molar-refractivity contribution in [2.45, 2.75) is 31.5 Å². The van der Waals surface area contributed by atoms with Gasteiger partial charge in [-0.15, -0.1) is 0 Å². The largest absolute Gasteiger partial charge is 0.380 e. The molecule has 0 saturated carbocycles. The molecule has 0 radical (unpaired) electrons. The van der Waals surface area contributed by atoms with Crippen LogP contribution in [0.4, 0.5) is 8.78 Å². The van der Waals surface area contributed by atoms with Crippen molar-refractivity contribution in [1.29, 1.82) is 0 Å². The second-order valence-electron chi connectivity index (χ2n) is 9.00. The molecule has 5 heteroatoms. The summed E-state index contributed by atoms with van der Waals surface area (Å²) in [5.74, 6) is -0.401. The number of halogens is 2. The van der Waals surface area contributed by atoms with Gasteiger partial charge in [-0.1, -0.05) is 48.6 Å². The van der Waals surface area contributed by atoms with Crippen LogP contribution in [0, 0.1) is 11.6 Å². The van der Waals surface area contributed by atoms with Crippen LogP contribution in [0.15, 0.2) is 90.2 Å². The van der Waals surface area contributed by atoms with E-state index >= 15 is 0 Å². The Balaban J connectivity index is 1.21. The van der Waals surface area contributed by atoms with Gasteiger partial charge >= 0.3 is 0 Å². The van der Waals surface area contributed by atoms with E-state index in [1.54, 1.807) is 12.1 Å². The third-order valence-corrected chi connectivity index (χ3v) is 6.67. The summed E-state index contributed by atoms with van der Waals surface area (Å²) in [5.41, 5.74) is 5.91. The van der Waals surface area contributed by atoms with Crippen LogP contribution in [0.1, 0.15) is 16.7 Å². The Morgan fingerprint density at radius 1 is 1.00 bits per heavy atom. The number of benzene rings is 2. The molecule has 1 aliphatic carbocycles. The standard InChI is InChI=1S/C28H29F2N3/c29-25-8-5-20(6-9-25)14-27-16-24-15-26(30)10-7-23(24)19-33(27)12-11-31-17-21-13-22-3-1-2-4-28(22)32-18-21/h1-10,13,15,18,27-28,31-32H,11-12,14,16-17,19H2. The molecule has 2 unspecified atom stereocenters. The van der Waals surface area contributed by atoms with E-state index in [1.807, 2.05) is 18.2 Å². The number of nitrogens with zero attached hydrogens (tertiary/aromatic N) is 1. The topological polar surface area (TPSA) is 27.3 Å². The van der Waals surface area contributed by atoms with Crippen molar-refractivity contribution in [2.24, 2.45) is 0 Å². The van der Waals surface area contributed by atoms with Gasteiger partial charge in [0.2, 0.25) is 0 Å². The minimum absolute atomic E-state index is 0.182. The second kappa shape index (κ2) is 9.86. The van der Waals surface area contributed by atoms with E-state index in [9.17, 15) is 8.78 Å². The van der Waals surface area contributed by atoms with Gasteiger partial charge in [0.25, 0.3) is 0 Å². The first-order valence-electron chi connectivity index (χ1n) is 11.6. The molecule has 0 bridgehead atoms. The normalized spacial score (nSPS) is 21.6. The summed E-state index contributed by atoms with van der Waals surface area (Å²) in [5, 5.41) is 7.02. The molecule has 5 rings (SSSR count). The van der Waals surface area contributed by atoms with Gasteiger partial charge in [-0.2, -0.15) is 0 Å². The van der Waals surface area contributed by atoms with Crippen LogP contribution in [0.3, 0.4) is 0 Å². The molecule has 170 valence electrons. The van der Waals surface area contributed by atoms with E-state index in [1.165, 1.54) is 28.8 Å². The zero-order valence-electron chi connectivity index (χ0n) is 18.6. The average Bonchev–Trinajstić information content (AvgIpc) is 2.83. The fourth-order valence-electron chi connectivity index (χ4n) is 4.88. The van der Waals surface area contributed by atoms with Crippen LogP contribution in [-0.4, -0.2) is 36.6 Å². The third kappa shape index (κ3) is 5.32. The summed E-state index contributed by atoms with van der Waals surface area (Å²) in [6.07, 6.45) is 14.4. The molecule has 3 nitrogen and oxygen atoms in total. The van der Waals surface area contributed by atoms with E-state index in [0.717, 1.165) is 50.1 Å². The molecule has 0 saturated heterocycles. The summed E-state index contributed by atoms with van der Waals surface area (Å²) in [4.78, 5) is 2.47. The maximum Gasteiger partial charge on any atom is 0.123 e. The molecule has 2 N–H and O–H groups in total. The quantitative estimate of drug-likeness (QED) is 0.618. The molecule has 2 atom stereocenters. The van der Waals surface area contributed by atoms with E-state index in [-0.39, 0.29) is 23.7 Å². The van der Waals surface area contributed by atoms with Crippen molar-refractivity contribution in [2.75, 3.05) is 19.6 Å². The first kappa shape index (κ1) is 21.8. The highest BCUT2D eigenvalue weighted by Gasteiger charge is 2.26. The van der Waals surface area contributed by atoms with Crippen molar-refractivity contribution in [3.05, 3.63) is 119 Å². The smallest absolute Gasteiger partial charge is 0.123 e. The maximum absolute atomic E-state index is 13.8. The first-order chi connectivity index (χ1) is 16.1. The van der Waals surface area contributed by atoms with Gasteiger partial charge in [0.05, 0.1) is 6.04 Å². The summed E-state index contributed by atoms with van der Waals surface area (Å²) in [7, 11) is 0. The van der Waals surface area contributed by atoms with Crippen LogP contribution in [0.2, 0.25) is 0 Å². The highest BCUT2D eigenvalue weighted by Crippen LogP contribution is 2.26. The van der Waals surface area contributed by atoms with Crippen LogP contribution < -0.4 is 10.6 Å². The van der Waals surface area contributed by atoms with Gasteiger partial charge in [-0.05, 0) is 64.9 Å². The maximum atomic E-state index is 13.8. The Labute approximate surface area is 194 Å². The lowest BCUT2D eigenvalue weighted by atomic mass is 9.90. The fourth-order valence-corrected chi connectivity index (χ4v) is 4.88. The van der Waals surface area contributed by atoms with Crippen molar-refractivity contribution in [3.63, 3.8) is 0 Å². The molecule has 0 amide bonds. The van der Waals surface area contributed by atoms with Gasteiger partial charge in [-0.25, -0.2) is 8.78 Å². The number of allylic oxidation sites excluding steroid dienone is 2. The van der Waals surface area contributed by atoms with Gasteiger partial charge in [0.1, 0.15) is 11.6 Å². The van der Waals surface area contributed by atoms with Crippen molar-refractivity contribution in [3.8, 4) is 0 Å². The summed E-state index contributed by atoms with van der Waals surface area (Å²) < 4.78 is 27.2. The van der Waals surface area contributed by atoms with E-state index < -0.39 is 0 Å². The number of nitrogens with one attached hydrogen (secondary N) is 2. The molecule has 33 heavy (non-hydrogen) atoms. The number of dihydropyridines is 1. The summed E-state index contributed by atoms with van der Waals surface area (Å²) in [6.45, 7) is 3.36. The average molecular weight is 446 g/mol. The molecule has 3 aliphatic rings. The molecule has 0 aromatic heterocycles. The Kier molecular flexibility index (Phi) is 6.51. The molecule has 2 aromatic rings. The lowest BCUT2D eigenvalue weighted by molar-refractivity contribution is 0.171. The van der Waals surface area contributed by atoms with E-state index in [0.29, 0.717) is 0 Å². The summed E-state index contributed by atoms with van der Waals surface area (Å²) in [6, 6.07) is 12.4. The Morgan fingerprint density at radius 3 is 2.73 bits per heavy atom. The number of hydrogen-bond acceptors (Lipinski definition) is 3. The first-order valence-corrected chi connectivity index (χ1v) is 11.6.